The molecule has 3 heteroatoms. The van der Waals surface area contributed by atoms with Crippen LogP contribution in [0.5, 0.6) is 0 Å². The quantitative estimate of drug-likeness (QED) is 0.749. The molecule has 0 saturated carbocycles. The summed E-state index contributed by atoms with van der Waals surface area (Å²) < 4.78 is 0. The normalized spacial score (nSPS) is 12.1. The molecule has 0 aliphatic carbocycles. The minimum atomic E-state index is 0.115. The largest absolute Gasteiger partial charge is 0.372 e. The van der Waals surface area contributed by atoms with Gasteiger partial charge in [0.15, 0.2) is 0 Å². The summed E-state index contributed by atoms with van der Waals surface area (Å²) in [5, 5.41) is 10.4. The van der Waals surface area contributed by atoms with Gasteiger partial charge in [0.1, 0.15) is 0 Å². The van der Waals surface area contributed by atoms with Crippen LogP contribution in [0.3, 0.4) is 0 Å². The predicted molar refractivity (Wildman–Crippen MR) is 86.4 cm³/mol. The van der Waals surface area contributed by atoms with E-state index in [2.05, 4.69) is 71.8 Å². The van der Waals surface area contributed by atoms with Crippen molar-refractivity contribution in [3.05, 3.63) is 83.2 Å². The van der Waals surface area contributed by atoms with Crippen LogP contribution < -0.4 is 5.32 Å². The van der Waals surface area contributed by atoms with Crippen molar-refractivity contribution in [1.82, 2.24) is 10.2 Å². The molecule has 1 unspecified atom stereocenters. The Balaban J connectivity index is 2.03. The average molecular weight is 277 g/mol. The number of rotatable bonds is 4. The molecular formula is C18H19N3. The second-order valence-corrected chi connectivity index (χ2v) is 5.34. The Morgan fingerprint density at radius 1 is 1.05 bits per heavy atom. The lowest BCUT2D eigenvalue weighted by molar-refractivity contribution is 0.925. The SMILES string of the molecule is Cc1ccc(C(Nc2cn[nH]c2)c2ccccc2)c(C)c1. The highest BCUT2D eigenvalue weighted by atomic mass is 15.1. The summed E-state index contributed by atoms with van der Waals surface area (Å²) >= 11 is 0. The molecule has 2 N–H and O–H groups in total. The van der Waals surface area contributed by atoms with Crippen molar-refractivity contribution in [3.8, 4) is 0 Å². The molecule has 3 aromatic rings. The van der Waals surface area contributed by atoms with Gasteiger partial charge < -0.3 is 5.32 Å². The third kappa shape index (κ3) is 2.97. The van der Waals surface area contributed by atoms with Gasteiger partial charge in [-0.3, -0.25) is 5.10 Å². The van der Waals surface area contributed by atoms with Gasteiger partial charge in [0.2, 0.25) is 0 Å². The molecule has 2 aromatic carbocycles. The summed E-state index contributed by atoms with van der Waals surface area (Å²) in [7, 11) is 0. The van der Waals surface area contributed by atoms with E-state index in [-0.39, 0.29) is 6.04 Å². The summed E-state index contributed by atoms with van der Waals surface area (Å²) in [6.45, 7) is 4.28. The molecule has 0 fully saturated rings. The Hall–Kier alpha value is -2.55. The van der Waals surface area contributed by atoms with Crippen molar-refractivity contribution in [1.29, 1.82) is 0 Å². The molecule has 0 amide bonds. The minimum Gasteiger partial charge on any atom is -0.372 e. The smallest absolute Gasteiger partial charge is 0.0771 e. The number of anilines is 1. The lowest BCUT2D eigenvalue weighted by Crippen LogP contribution is -2.13. The molecule has 1 heterocycles. The van der Waals surface area contributed by atoms with Gasteiger partial charge in [-0.1, -0.05) is 54.1 Å². The van der Waals surface area contributed by atoms with Crippen LogP contribution in [-0.2, 0) is 0 Å². The second kappa shape index (κ2) is 5.83. The van der Waals surface area contributed by atoms with Crippen molar-refractivity contribution in [3.63, 3.8) is 0 Å². The Labute approximate surface area is 125 Å². The fourth-order valence-electron chi connectivity index (χ4n) is 2.63. The number of aromatic amines is 1. The van der Waals surface area contributed by atoms with Crippen LogP contribution in [0.2, 0.25) is 0 Å². The zero-order chi connectivity index (χ0) is 14.7. The predicted octanol–water partition coefficient (Wildman–Crippen LogP) is 4.23. The number of hydrogen-bond donors (Lipinski definition) is 2. The molecule has 1 aromatic heterocycles. The minimum absolute atomic E-state index is 0.115. The number of benzene rings is 2. The van der Waals surface area contributed by atoms with Gasteiger partial charge >= 0.3 is 0 Å². The van der Waals surface area contributed by atoms with Crippen LogP contribution in [0, 0.1) is 13.8 Å². The average Bonchev–Trinajstić information content (AvgIpc) is 2.99. The van der Waals surface area contributed by atoms with E-state index >= 15 is 0 Å². The molecule has 0 aliphatic heterocycles. The van der Waals surface area contributed by atoms with E-state index in [0.717, 1.165) is 5.69 Å². The maximum absolute atomic E-state index is 4.01. The molecule has 3 rings (SSSR count). The highest BCUT2D eigenvalue weighted by Crippen LogP contribution is 2.29. The lowest BCUT2D eigenvalue weighted by atomic mass is 9.93. The Morgan fingerprint density at radius 3 is 2.52 bits per heavy atom. The van der Waals surface area contributed by atoms with Gasteiger partial charge in [-0.25, -0.2) is 0 Å². The second-order valence-electron chi connectivity index (χ2n) is 5.34. The topological polar surface area (TPSA) is 40.7 Å². The molecule has 0 saturated heterocycles. The number of hydrogen-bond acceptors (Lipinski definition) is 2. The fraction of sp³-hybridized carbons (Fsp3) is 0.167. The Morgan fingerprint density at radius 2 is 1.86 bits per heavy atom. The number of nitrogens with zero attached hydrogens (tertiary/aromatic N) is 1. The van der Waals surface area contributed by atoms with E-state index < -0.39 is 0 Å². The van der Waals surface area contributed by atoms with Gasteiger partial charge in [0.05, 0.1) is 17.9 Å². The summed E-state index contributed by atoms with van der Waals surface area (Å²) in [5.74, 6) is 0. The van der Waals surface area contributed by atoms with Gasteiger partial charge in [-0.05, 0) is 30.5 Å². The third-order valence-electron chi connectivity index (χ3n) is 3.68. The van der Waals surface area contributed by atoms with Gasteiger partial charge in [-0.2, -0.15) is 5.10 Å². The number of nitrogens with one attached hydrogen (secondary N) is 2. The first-order chi connectivity index (χ1) is 10.2. The summed E-state index contributed by atoms with van der Waals surface area (Å²) in [5.41, 5.74) is 6.09. The van der Waals surface area contributed by atoms with E-state index in [1.807, 2.05) is 12.3 Å². The van der Waals surface area contributed by atoms with Crippen molar-refractivity contribution in [2.24, 2.45) is 0 Å². The Kier molecular flexibility index (Phi) is 3.73. The maximum atomic E-state index is 4.01. The number of H-pyrrole nitrogens is 1. The van der Waals surface area contributed by atoms with Gasteiger partial charge in [0, 0.05) is 6.20 Å². The first-order valence-corrected chi connectivity index (χ1v) is 7.11. The molecule has 0 radical (unpaired) electrons. The van der Waals surface area contributed by atoms with E-state index in [1.165, 1.54) is 22.3 Å². The van der Waals surface area contributed by atoms with Crippen molar-refractivity contribution in [2.45, 2.75) is 19.9 Å². The molecule has 3 nitrogen and oxygen atoms in total. The zero-order valence-electron chi connectivity index (χ0n) is 12.3. The monoisotopic (exact) mass is 277 g/mol. The van der Waals surface area contributed by atoms with E-state index in [4.69, 9.17) is 0 Å². The summed E-state index contributed by atoms with van der Waals surface area (Å²) in [4.78, 5) is 0. The number of aromatic nitrogens is 2. The maximum Gasteiger partial charge on any atom is 0.0771 e. The van der Waals surface area contributed by atoms with Gasteiger partial charge in [-0.15, -0.1) is 0 Å². The third-order valence-corrected chi connectivity index (χ3v) is 3.68. The highest BCUT2D eigenvalue weighted by molar-refractivity contribution is 5.48. The van der Waals surface area contributed by atoms with Gasteiger partial charge in [0.25, 0.3) is 0 Å². The Bertz CT molecular complexity index is 703. The van der Waals surface area contributed by atoms with E-state index in [1.54, 1.807) is 6.20 Å². The van der Waals surface area contributed by atoms with Crippen LogP contribution in [0.25, 0.3) is 0 Å². The van der Waals surface area contributed by atoms with Crippen molar-refractivity contribution in [2.75, 3.05) is 5.32 Å². The molecule has 0 bridgehead atoms. The fourth-order valence-corrected chi connectivity index (χ4v) is 2.63. The molecule has 1 atom stereocenters. The highest BCUT2D eigenvalue weighted by Gasteiger charge is 2.16. The summed E-state index contributed by atoms with van der Waals surface area (Å²) in [6.07, 6.45) is 3.68. The summed E-state index contributed by atoms with van der Waals surface area (Å²) in [6, 6.07) is 17.2. The van der Waals surface area contributed by atoms with Crippen LogP contribution in [0.15, 0.2) is 60.9 Å². The standard InChI is InChI=1S/C18H19N3/c1-13-8-9-17(14(2)10-13)18(15-6-4-3-5-7-15)21-16-11-19-20-12-16/h3-12,18,21H,1-2H3,(H,19,20). The van der Waals surface area contributed by atoms with Crippen molar-refractivity contribution >= 4 is 5.69 Å². The van der Waals surface area contributed by atoms with Crippen LogP contribution >= 0.6 is 0 Å². The first-order valence-electron chi connectivity index (χ1n) is 7.11. The molecule has 106 valence electrons. The molecule has 0 aliphatic rings. The van der Waals surface area contributed by atoms with E-state index in [0.29, 0.717) is 0 Å². The first kappa shape index (κ1) is 13.4. The van der Waals surface area contributed by atoms with E-state index in [9.17, 15) is 0 Å². The van der Waals surface area contributed by atoms with Crippen molar-refractivity contribution < 1.29 is 0 Å². The van der Waals surface area contributed by atoms with Crippen LogP contribution in [0.1, 0.15) is 28.3 Å². The lowest BCUT2D eigenvalue weighted by Gasteiger charge is -2.22. The molecule has 0 spiro atoms. The molecular weight excluding hydrogens is 258 g/mol. The zero-order valence-corrected chi connectivity index (χ0v) is 12.3. The molecule has 21 heavy (non-hydrogen) atoms. The number of aryl methyl sites for hydroxylation is 2. The van der Waals surface area contributed by atoms with Crippen LogP contribution in [0.4, 0.5) is 5.69 Å². The van der Waals surface area contributed by atoms with Crippen LogP contribution in [-0.4, -0.2) is 10.2 Å².